The van der Waals surface area contributed by atoms with Crippen LogP contribution < -0.4 is 0 Å². The summed E-state index contributed by atoms with van der Waals surface area (Å²) in [7, 11) is 1.83. The number of carboxylic acids is 1. The highest BCUT2D eigenvalue weighted by Crippen LogP contribution is 2.25. The highest BCUT2D eigenvalue weighted by molar-refractivity contribution is 9.10. The van der Waals surface area contributed by atoms with Crippen molar-refractivity contribution in [2.75, 3.05) is 0 Å². The van der Waals surface area contributed by atoms with E-state index in [2.05, 4.69) is 20.9 Å². The third-order valence-corrected chi connectivity index (χ3v) is 3.39. The molecule has 0 aliphatic rings. The summed E-state index contributed by atoms with van der Waals surface area (Å²) >= 11 is 3.32. The van der Waals surface area contributed by atoms with E-state index in [1.54, 1.807) is 0 Å². The zero-order valence-electron chi connectivity index (χ0n) is 10.1. The minimum Gasteiger partial charge on any atom is -0.481 e. The zero-order chi connectivity index (χ0) is 13.3. The van der Waals surface area contributed by atoms with Crippen molar-refractivity contribution in [1.29, 1.82) is 0 Å². The molecule has 1 aromatic heterocycles. The van der Waals surface area contributed by atoms with Gasteiger partial charge in [-0.3, -0.25) is 4.79 Å². The van der Waals surface area contributed by atoms with Gasteiger partial charge in [0.05, 0.1) is 12.1 Å². The summed E-state index contributed by atoms with van der Waals surface area (Å²) in [5.74, 6) is -0.101. The fourth-order valence-electron chi connectivity index (χ4n) is 1.88. The van der Waals surface area contributed by atoms with Crippen molar-refractivity contribution in [2.24, 2.45) is 7.05 Å². The maximum atomic E-state index is 10.8. The van der Waals surface area contributed by atoms with Crippen LogP contribution in [0.25, 0.3) is 11.4 Å². The Kier molecular flexibility index (Phi) is 3.52. The molecule has 2 aromatic rings. The molecule has 0 radical (unpaired) electrons. The molecule has 0 saturated heterocycles. The summed E-state index contributed by atoms with van der Waals surface area (Å²) in [6, 6.07) is 7.97. The van der Waals surface area contributed by atoms with Crippen LogP contribution in [-0.4, -0.2) is 20.6 Å². The van der Waals surface area contributed by atoms with Gasteiger partial charge in [-0.1, -0.05) is 23.8 Å². The van der Waals surface area contributed by atoms with E-state index in [1.165, 1.54) is 0 Å². The SMILES string of the molecule is Cc1cccc(-c2nc(Br)c(CC(=O)O)n2C)c1. The van der Waals surface area contributed by atoms with Crippen LogP contribution in [0.4, 0.5) is 0 Å². The van der Waals surface area contributed by atoms with Crippen molar-refractivity contribution in [3.05, 3.63) is 40.1 Å². The minimum atomic E-state index is -0.866. The maximum absolute atomic E-state index is 10.8. The second-order valence-corrected chi connectivity index (χ2v) is 4.92. The quantitative estimate of drug-likeness (QED) is 0.948. The Morgan fingerprint density at radius 3 is 2.83 bits per heavy atom. The lowest BCUT2D eigenvalue weighted by Gasteiger charge is -2.05. The van der Waals surface area contributed by atoms with Gasteiger partial charge in [0.1, 0.15) is 10.4 Å². The van der Waals surface area contributed by atoms with Gasteiger partial charge in [-0.25, -0.2) is 4.98 Å². The highest BCUT2D eigenvalue weighted by Gasteiger charge is 2.16. The number of imidazole rings is 1. The number of hydrogen-bond donors (Lipinski definition) is 1. The van der Waals surface area contributed by atoms with Crippen molar-refractivity contribution in [3.8, 4) is 11.4 Å². The number of aliphatic carboxylic acids is 1. The van der Waals surface area contributed by atoms with Crippen molar-refractivity contribution in [1.82, 2.24) is 9.55 Å². The Morgan fingerprint density at radius 1 is 1.50 bits per heavy atom. The molecule has 1 aromatic carbocycles. The van der Waals surface area contributed by atoms with E-state index in [-0.39, 0.29) is 6.42 Å². The predicted octanol–water partition coefficient (Wildman–Crippen LogP) is 2.79. The molecule has 94 valence electrons. The van der Waals surface area contributed by atoms with Crippen LogP contribution >= 0.6 is 15.9 Å². The van der Waals surface area contributed by atoms with Crippen LogP contribution in [-0.2, 0) is 18.3 Å². The molecule has 0 aliphatic carbocycles. The fraction of sp³-hybridized carbons (Fsp3) is 0.231. The molecule has 1 heterocycles. The molecule has 0 atom stereocenters. The number of carboxylic acid groups (broad SMARTS) is 1. The average Bonchev–Trinajstić information content (AvgIpc) is 2.56. The normalized spacial score (nSPS) is 10.6. The molecule has 0 aliphatic heterocycles. The van der Waals surface area contributed by atoms with Crippen molar-refractivity contribution >= 4 is 21.9 Å². The Bertz CT molecular complexity index is 605. The van der Waals surface area contributed by atoms with Gasteiger partial charge < -0.3 is 9.67 Å². The first-order valence-electron chi connectivity index (χ1n) is 5.49. The first-order chi connectivity index (χ1) is 8.49. The fourth-order valence-corrected chi connectivity index (χ4v) is 2.45. The standard InChI is InChI=1S/C13H13BrN2O2/c1-8-4-3-5-9(6-8)13-15-12(14)10(16(13)2)7-11(17)18/h3-6H,7H2,1-2H3,(H,17,18). The Labute approximate surface area is 113 Å². The second-order valence-electron chi connectivity index (χ2n) is 4.17. The summed E-state index contributed by atoms with van der Waals surface area (Å²) in [5, 5.41) is 8.88. The summed E-state index contributed by atoms with van der Waals surface area (Å²) in [6.45, 7) is 2.01. The van der Waals surface area contributed by atoms with Gasteiger partial charge in [0.2, 0.25) is 0 Å². The predicted molar refractivity (Wildman–Crippen MR) is 72.4 cm³/mol. The smallest absolute Gasteiger partial charge is 0.309 e. The lowest BCUT2D eigenvalue weighted by Crippen LogP contribution is -2.06. The lowest BCUT2D eigenvalue weighted by atomic mass is 10.1. The number of aryl methyl sites for hydroxylation is 1. The van der Waals surface area contributed by atoms with Crippen molar-refractivity contribution < 1.29 is 9.90 Å². The molecule has 0 spiro atoms. The van der Waals surface area contributed by atoms with Crippen molar-refractivity contribution in [3.63, 3.8) is 0 Å². The largest absolute Gasteiger partial charge is 0.481 e. The van der Waals surface area contributed by atoms with E-state index in [0.29, 0.717) is 10.3 Å². The van der Waals surface area contributed by atoms with Crippen LogP contribution in [0.15, 0.2) is 28.9 Å². The van der Waals surface area contributed by atoms with E-state index >= 15 is 0 Å². The van der Waals surface area contributed by atoms with Crippen LogP contribution in [0.5, 0.6) is 0 Å². The van der Waals surface area contributed by atoms with E-state index in [0.717, 1.165) is 17.0 Å². The minimum absolute atomic E-state index is 0.0457. The number of benzene rings is 1. The monoisotopic (exact) mass is 308 g/mol. The zero-order valence-corrected chi connectivity index (χ0v) is 11.7. The summed E-state index contributed by atoms with van der Waals surface area (Å²) in [5.41, 5.74) is 2.79. The maximum Gasteiger partial charge on any atom is 0.309 e. The van der Waals surface area contributed by atoms with Crippen LogP contribution in [0.3, 0.4) is 0 Å². The Morgan fingerprint density at radius 2 is 2.22 bits per heavy atom. The van der Waals surface area contributed by atoms with Gasteiger partial charge in [-0.2, -0.15) is 0 Å². The topological polar surface area (TPSA) is 55.1 Å². The number of aromatic nitrogens is 2. The van der Waals surface area contributed by atoms with E-state index < -0.39 is 5.97 Å². The molecule has 18 heavy (non-hydrogen) atoms. The molecule has 0 bridgehead atoms. The third-order valence-electron chi connectivity index (χ3n) is 2.76. The molecule has 0 fully saturated rings. The first-order valence-corrected chi connectivity index (χ1v) is 6.28. The lowest BCUT2D eigenvalue weighted by molar-refractivity contribution is -0.136. The number of halogens is 1. The van der Waals surface area contributed by atoms with Crippen LogP contribution in [0.2, 0.25) is 0 Å². The van der Waals surface area contributed by atoms with Crippen LogP contribution in [0.1, 0.15) is 11.3 Å². The second kappa shape index (κ2) is 4.94. The molecule has 0 amide bonds. The molecule has 0 unspecified atom stereocenters. The average molecular weight is 309 g/mol. The van der Waals surface area contributed by atoms with Gasteiger partial charge >= 0.3 is 5.97 Å². The molecule has 2 rings (SSSR count). The summed E-state index contributed by atoms with van der Waals surface area (Å²) < 4.78 is 2.40. The molecule has 1 N–H and O–H groups in total. The number of hydrogen-bond acceptors (Lipinski definition) is 2. The Balaban J connectivity index is 2.50. The molecule has 4 nitrogen and oxygen atoms in total. The highest BCUT2D eigenvalue weighted by atomic mass is 79.9. The summed E-state index contributed by atoms with van der Waals surface area (Å²) in [4.78, 5) is 15.2. The van der Waals surface area contributed by atoms with Gasteiger partial charge in [0.15, 0.2) is 0 Å². The third kappa shape index (κ3) is 2.46. The van der Waals surface area contributed by atoms with Crippen LogP contribution in [0, 0.1) is 6.92 Å². The summed E-state index contributed by atoms with van der Waals surface area (Å²) in [6.07, 6.45) is -0.0457. The van der Waals surface area contributed by atoms with Gasteiger partial charge in [-0.05, 0) is 28.9 Å². The Hall–Kier alpha value is -1.62. The number of carbonyl (C=O) groups is 1. The van der Waals surface area contributed by atoms with Gasteiger partial charge in [-0.15, -0.1) is 0 Å². The van der Waals surface area contributed by atoms with Gasteiger partial charge in [0, 0.05) is 12.6 Å². The van der Waals surface area contributed by atoms with E-state index in [1.807, 2.05) is 42.8 Å². The van der Waals surface area contributed by atoms with Gasteiger partial charge in [0.25, 0.3) is 0 Å². The molecule has 0 saturated carbocycles. The number of rotatable bonds is 3. The van der Waals surface area contributed by atoms with Crippen molar-refractivity contribution in [2.45, 2.75) is 13.3 Å². The number of nitrogens with zero attached hydrogens (tertiary/aromatic N) is 2. The molecular weight excluding hydrogens is 296 g/mol. The van der Waals surface area contributed by atoms with E-state index in [4.69, 9.17) is 5.11 Å². The molecular formula is C13H13BrN2O2. The van der Waals surface area contributed by atoms with E-state index in [9.17, 15) is 4.79 Å². The first kappa shape index (κ1) is 12.8. The molecule has 5 heteroatoms.